The van der Waals surface area contributed by atoms with E-state index in [1.54, 1.807) is 18.5 Å². The Morgan fingerprint density at radius 1 is 0.973 bits per heavy atom. The number of H-pyrrole nitrogens is 1. The van der Waals surface area contributed by atoms with Gasteiger partial charge in [-0.3, -0.25) is 19.2 Å². The number of benzene rings is 1. The molecule has 0 aliphatic heterocycles. The third-order valence-electron chi connectivity index (χ3n) is 5.50. The lowest BCUT2D eigenvalue weighted by molar-refractivity contribution is -0.142. The van der Waals surface area contributed by atoms with Crippen LogP contribution >= 0.6 is 11.8 Å². The molecule has 0 bridgehead atoms. The highest BCUT2D eigenvalue weighted by Gasteiger charge is 2.30. The zero-order valence-corrected chi connectivity index (χ0v) is 20.9. The Bertz CT molecular complexity index is 1120. The zero-order valence-electron chi connectivity index (χ0n) is 20.1. The van der Waals surface area contributed by atoms with E-state index < -0.39 is 66.9 Å². The number of nitrogens with one attached hydrogen (secondary N) is 4. The van der Waals surface area contributed by atoms with E-state index in [1.165, 1.54) is 11.8 Å². The highest BCUT2D eigenvalue weighted by atomic mass is 32.2. The maximum atomic E-state index is 12.8. The molecule has 13 nitrogen and oxygen atoms in total. The van der Waals surface area contributed by atoms with Crippen molar-refractivity contribution in [3.8, 4) is 0 Å². The molecule has 2 aromatic rings. The number of amides is 3. The highest BCUT2D eigenvalue weighted by molar-refractivity contribution is 7.98. The van der Waals surface area contributed by atoms with Crippen LogP contribution in [0.1, 0.15) is 18.4 Å². The standard InChI is InChI=1S/C23H31N5O8S/c1-37-7-6-16(26-20(32)14(24)9-19(30)31)21(33)28-18(11-29)22(34)27-17(23(35)36)8-12-10-25-15-5-3-2-4-13(12)15/h2-5,10,14,16-18,25,29H,6-9,11,24H2,1H3,(H,26,32)(H,27,34)(H,28,33)(H,30,31)(H,35,36). The first kappa shape index (κ1) is 29.6. The van der Waals surface area contributed by atoms with Crippen LogP contribution in [0.4, 0.5) is 0 Å². The monoisotopic (exact) mass is 537 g/mol. The molecule has 4 atom stereocenters. The molecule has 3 amide bonds. The topological polar surface area (TPSA) is 224 Å². The number of aliphatic hydroxyl groups excluding tert-OH is 1. The summed E-state index contributed by atoms with van der Waals surface area (Å²) in [4.78, 5) is 63.5. The van der Waals surface area contributed by atoms with Crippen LogP contribution in [0.3, 0.4) is 0 Å². The highest BCUT2D eigenvalue weighted by Crippen LogP contribution is 2.19. The summed E-state index contributed by atoms with van der Waals surface area (Å²) in [6.45, 7) is -0.835. The number of fused-ring (bicyclic) bond motifs is 1. The van der Waals surface area contributed by atoms with Gasteiger partial charge >= 0.3 is 11.9 Å². The van der Waals surface area contributed by atoms with Crippen LogP contribution in [-0.2, 0) is 30.4 Å². The minimum Gasteiger partial charge on any atom is -0.481 e. The first-order chi connectivity index (χ1) is 17.6. The molecule has 0 spiro atoms. The second-order valence-electron chi connectivity index (χ2n) is 8.25. The first-order valence-electron chi connectivity index (χ1n) is 11.3. The van der Waals surface area contributed by atoms with Crippen molar-refractivity contribution < 1.29 is 39.3 Å². The molecular weight excluding hydrogens is 506 g/mol. The Kier molecular flexibility index (Phi) is 11.4. The van der Waals surface area contributed by atoms with Crippen molar-refractivity contribution in [2.45, 2.75) is 43.4 Å². The summed E-state index contributed by atoms with van der Waals surface area (Å²) in [6.07, 6.45) is 2.86. The number of rotatable bonds is 15. The summed E-state index contributed by atoms with van der Waals surface area (Å²) in [5.41, 5.74) is 7.01. The average molecular weight is 538 g/mol. The molecule has 202 valence electrons. The fourth-order valence-electron chi connectivity index (χ4n) is 3.52. The number of carboxylic acids is 2. The number of aliphatic carboxylic acids is 2. The third-order valence-corrected chi connectivity index (χ3v) is 6.15. The summed E-state index contributed by atoms with van der Waals surface area (Å²) in [6, 6.07) is 1.85. The van der Waals surface area contributed by atoms with E-state index in [9.17, 15) is 34.2 Å². The minimum atomic E-state index is -1.50. The number of thioether (sulfide) groups is 1. The second kappa shape index (κ2) is 14.2. The molecule has 14 heteroatoms. The fraction of sp³-hybridized carbons (Fsp3) is 0.435. The van der Waals surface area contributed by atoms with E-state index in [4.69, 9.17) is 10.8 Å². The minimum absolute atomic E-state index is 0.0505. The van der Waals surface area contributed by atoms with Gasteiger partial charge in [-0.25, -0.2) is 4.79 Å². The van der Waals surface area contributed by atoms with Crippen molar-refractivity contribution in [3.63, 3.8) is 0 Å². The normalized spacial score (nSPS) is 14.2. The zero-order chi connectivity index (χ0) is 27.5. The Balaban J connectivity index is 2.08. The van der Waals surface area contributed by atoms with Gasteiger partial charge in [-0.1, -0.05) is 18.2 Å². The number of carbonyl (C=O) groups is 5. The lowest BCUT2D eigenvalue weighted by Gasteiger charge is -2.24. The van der Waals surface area contributed by atoms with Crippen molar-refractivity contribution in [2.75, 3.05) is 18.6 Å². The van der Waals surface area contributed by atoms with Crippen molar-refractivity contribution in [1.82, 2.24) is 20.9 Å². The molecule has 0 saturated heterocycles. The lowest BCUT2D eigenvalue weighted by atomic mass is 10.0. The lowest BCUT2D eigenvalue weighted by Crippen LogP contribution is -2.58. The van der Waals surface area contributed by atoms with E-state index in [0.717, 1.165) is 10.9 Å². The number of carbonyl (C=O) groups excluding carboxylic acids is 3. The van der Waals surface area contributed by atoms with Gasteiger partial charge in [-0.05, 0) is 30.1 Å². The van der Waals surface area contributed by atoms with Crippen LogP contribution in [0.2, 0.25) is 0 Å². The smallest absolute Gasteiger partial charge is 0.326 e. The molecule has 9 N–H and O–H groups in total. The molecule has 0 aliphatic rings. The number of aromatic nitrogens is 1. The van der Waals surface area contributed by atoms with Crippen LogP contribution in [0.5, 0.6) is 0 Å². The molecule has 0 saturated carbocycles. The van der Waals surface area contributed by atoms with Crippen LogP contribution in [0.25, 0.3) is 10.9 Å². The van der Waals surface area contributed by atoms with Gasteiger partial charge in [0.1, 0.15) is 18.1 Å². The molecule has 0 fully saturated rings. The second-order valence-corrected chi connectivity index (χ2v) is 9.24. The van der Waals surface area contributed by atoms with Gasteiger partial charge in [-0.2, -0.15) is 11.8 Å². The number of hydrogen-bond acceptors (Lipinski definition) is 8. The van der Waals surface area contributed by atoms with Crippen LogP contribution in [0, 0.1) is 0 Å². The summed E-state index contributed by atoms with van der Waals surface area (Å²) in [5, 5.41) is 36.0. The largest absolute Gasteiger partial charge is 0.481 e. The Morgan fingerprint density at radius 2 is 1.59 bits per heavy atom. The summed E-state index contributed by atoms with van der Waals surface area (Å²) in [5.74, 6) is -4.76. The number of hydrogen-bond donors (Lipinski definition) is 8. The molecule has 4 unspecified atom stereocenters. The molecule has 1 heterocycles. The number of carboxylic acid groups (broad SMARTS) is 2. The van der Waals surface area contributed by atoms with E-state index >= 15 is 0 Å². The summed E-state index contributed by atoms with van der Waals surface area (Å²) < 4.78 is 0. The average Bonchev–Trinajstić information content (AvgIpc) is 3.26. The summed E-state index contributed by atoms with van der Waals surface area (Å²) >= 11 is 1.39. The van der Waals surface area contributed by atoms with Crippen LogP contribution in [0.15, 0.2) is 30.5 Å². The van der Waals surface area contributed by atoms with Crippen molar-refractivity contribution >= 4 is 52.3 Å². The van der Waals surface area contributed by atoms with Crippen molar-refractivity contribution in [3.05, 3.63) is 36.0 Å². The maximum absolute atomic E-state index is 12.8. The SMILES string of the molecule is CSCCC(NC(=O)C(N)CC(=O)O)C(=O)NC(CO)C(=O)NC(Cc1c[nH]c2ccccc12)C(=O)O. The number of para-hydroxylation sites is 1. The van der Waals surface area contributed by atoms with Crippen molar-refractivity contribution in [2.24, 2.45) is 5.73 Å². The summed E-state index contributed by atoms with van der Waals surface area (Å²) in [7, 11) is 0. The van der Waals surface area contributed by atoms with E-state index in [2.05, 4.69) is 20.9 Å². The van der Waals surface area contributed by atoms with Crippen LogP contribution in [-0.4, -0.2) is 92.7 Å². The number of nitrogens with two attached hydrogens (primary N) is 1. The quantitative estimate of drug-likeness (QED) is 0.135. The van der Waals surface area contributed by atoms with Gasteiger partial charge in [0.05, 0.1) is 19.1 Å². The molecule has 2 rings (SSSR count). The Labute approximate surface area is 216 Å². The molecular formula is C23H31N5O8S. The first-order valence-corrected chi connectivity index (χ1v) is 12.7. The molecule has 37 heavy (non-hydrogen) atoms. The third kappa shape index (κ3) is 8.77. The van der Waals surface area contributed by atoms with Gasteiger partial charge in [-0.15, -0.1) is 0 Å². The van der Waals surface area contributed by atoms with Crippen LogP contribution < -0.4 is 21.7 Å². The molecule has 1 aromatic heterocycles. The molecule has 1 aromatic carbocycles. The maximum Gasteiger partial charge on any atom is 0.326 e. The van der Waals surface area contributed by atoms with Gasteiger partial charge in [0.15, 0.2) is 0 Å². The number of aromatic amines is 1. The van der Waals surface area contributed by atoms with E-state index in [0.29, 0.717) is 11.3 Å². The number of aliphatic hydroxyl groups is 1. The Hall–Kier alpha value is -3.62. The van der Waals surface area contributed by atoms with E-state index in [-0.39, 0.29) is 12.8 Å². The van der Waals surface area contributed by atoms with Gasteiger partial charge in [0.2, 0.25) is 17.7 Å². The predicted molar refractivity (Wildman–Crippen MR) is 136 cm³/mol. The Morgan fingerprint density at radius 3 is 2.22 bits per heavy atom. The van der Waals surface area contributed by atoms with Gasteiger partial charge < -0.3 is 42.0 Å². The van der Waals surface area contributed by atoms with E-state index in [1.807, 2.05) is 18.2 Å². The fourth-order valence-corrected chi connectivity index (χ4v) is 3.99. The predicted octanol–water partition coefficient (Wildman–Crippen LogP) is -1.20. The molecule has 0 radical (unpaired) electrons. The molecule has 0 aliphatic carbocycles. The van der Waals surface area contributed by atoms with Crippen molar-refractivity contribution in [1.29, 1.82) is 0 Å². The van der Waals surface area contributed by atoms with Gasteiger partial charge in [0.25, 0.3) is 0 Å². The van der Waals surface area contributed by atoms with Gasteiger partial charge in [0, 0.05) is 23.5 Å².